The summed E-state index contributed by atoms with van der Waals surface area (Å²) in [6, 6.07) is 12.4. The minimum Gasteiger partial charge on any atom is -0.321 e. The number of nitriles is 1. The highest BCUT2D eigenvalue weighted by Crippen LogP contribution is 2.34. The molecule has 0 heterocycles. The van der Waals surface area contributed by atoms with Crippen LogP contribution in [0.25, 0.3) is 0 Å². The molecule has 0 aliphatic heterocycles. The smallest absolute Gasteiger partial charge is 0.321 e. The molecule has 1 unspecified atom stereocenters. The van der Waals surface area contributed by atoms with Crippen molar-refractivity contribution in [2.75, 3.05) is 24.2 Å². The summed E-state index contributed by atoms with van der Waals surface area (Å²) >= 11 is 0. The first-order chi connectivity index (χ1) is 13.6. The van der Waals surface area contributed by atoms with Crippen LogP contribution in [0.2, 0.25) is 0 Å². The lowest BCUT2D eigenvalue weighted by Crippen LogP contribution is -3.14. The van der Waals surface area contributed by atoms with Gasteiger partial charge in [0.05, 0.1) is 29.5 Å². The molecule has 0 spiro atoms. The van der Waals surface area contributed by atoms with Crippen molar-refractivity contribution in [3.63, 3.8) is 0 Å². The first-order valence-electron chi connectivity index (χ1n) is 8.72. The molecule has 2 atom stereocenters. The van der Waals surface area contributed by atoms with Crippen LogP contribution in [0, 0.1) is 11.3 Å². The highest BCUT2D eigenvalue weighted by Gasteiger charge is 2.34. The molecular weight excluding hydrogens is 385 g/mol. The molecule has 2 rings (SSSR count). The Morgan fingerprint density at radius 2 is 1.66 bits per heavy atom. The molecule has 6 nitrogen and oxygen atoms in total. The fraction of sp³-hybridized carbons (Fsp3) is 0.250. The minimum absolute atomic E-state index is 0.222. The summed E-state index contributed by atoms with van der Waals surface area (Å²) in [5, 5.41) is 14.0. The van der Waals surface area contributed by atoms with Gasteiger partial charge in [-0.05, 0) is 31.2 Å². The molecule has 3 N–H and O–H groups in total. The molecule has 152 valence electrons. The Labute approximate surface area is 165 Å². The van der Waals surface area contributed by atoms with E-state index in [2.05, 4.69) is 10.6 Å². The van der Waals surface area contributed by atoms with Gasteiger partial charge in [-0.1, -0.05) is 24.3 Å². The summed E-state index contributed by atoms with van der Waals surface area (Å²) in [6.45, 7) is 1.36. The van der Waals surface area contributed by atoms with Crippen molar-refractivity contribution in [2.24, 2.45) is 0 Å². The van der Waals surface area contributed by atoms with Crippen molar-refractivity contribution in [2.45, 2.75) is 19.1 Å². The van der Waals surface area contributed by atoms with E-state index in [9.17, 15) is 22.8 Å². The van der Waals surface area contributed by atoms with E-state index < -0.39 is 29.6 Å². The standard InChI is InChI=1S/C20H19F3N4O2/c1-13(19(29)26-16-9-5-3-7-14(16)11-24)27(2)12-18(28)25-17-10-6-4-8-15(17)20(21,22)23/h3-10,13H,12H2,1-2H3,(H,25,28)(H,26,29)/p+1/t13-/m1/s1. The highest BCUT2D eigenvalue weighted by molar-refractivity contribution is 5.95. The molecule has 0 aromatic heterocycles. The zero-order valence-electron chi connectivity index (χ0n) is 15.8. The molecular formula is C20H20F3N4O2+. The average molecular weight is 405 g/mol. The second-order valence-corrected chi connectivity index (χ2v) is 6.48. The number of nitrogens with zero attached hydrogens (tertiary/aromatic N) is 1. The second-order valence-electron chi connectivity index (χ2n) is 6.48. The molecule has 0 bridgehead atoms. The van der Waals surface area contributed by atoms with Crippen molar-refractivity contribution in [1.82, 2.24) is 0 Å². The zero-order chi connectivity index (χ0) is 21.6. The molecule has 0 radical (unpaired) electrons. The van der Waals surface area contributed by atoms with Gasteiger partial charge in [-0.25, -0.2) is 0 Å². The van der Waals surface area contributed by atoms with E-state index >= 15 is 0 Å². The number of hydrogen-bond acceptors (Lipinski definition) is 3. The van der Waals surface area contributed by atoms with Gasteiger partial charge < -0.3 is 15.5 Å². The molecule has 0 aliphatic carbocycles. The molecule has 0 saturated carbocycles. The van der Waals surface area contributed by atoms with Crippen LogP contribution < -0.4 is 15.5 Å². The number of halogens is 3. The predicted molar refractivity (Wildman–Crippen MR) is 101 cm³/mol. The fourth-order valence-electron chi connectivity index (χ4n) is 2.59. The number of anilines is 2. The molecule has 2 aromatic carbocycles. The maximum absolute atomic E-state index is 13.0. The van der Waals surface area contributed by atoms with E-state index in [1.165, 1.54) is 18.2 Å². The number of nitrogens with one attached hydrogen (secondary N) is 3. The van der Waals surface area contributed by atoms with Crippen LogP contribution >= 0.6 is 0 Å². The van der Waals surface area contributed by atoms with Crippen LogP contribution in [0.4, 0.5) is 24.5 Å². The fourth-order valence-corrected chi connectivity index (χ4v) is 2.59. The van der Waals surface area contributed by atoms with Crippen LogP contribution in [0.3, 0.4) is 0 Å². The summed E-state index contributed by atoms with van der Waals surface area (Å²) < 4.78 is 39.1. The molecule has 29 heavy (non-hydrogen) atoms. The summed E-state index contributed by atoms with van der Waals surface area (Å²) in [5.41, 5.74) is -0.627. The summed E-state index contributed by atoms with van der Waals surface area (Å²) in [7, 11) is 1.58. The number of carbonyl (C=O) groups is 2. The lowest BCUT2D eigenvalue weighted by molar-refractivity contribution is -0.885. The Kier molecular flexibility index (Phi) is 6.96. The van der Waals surface area contributed by atoms with E-state index in [0.29, 0.717) is 16.2 Å². The van der Waals surface area contributed by atoms with Crippen LogP contribution in [-0.4, -0.2) is 31.4 Å². The molecule has 0 fully saturated rings. The van der Waals surface area contributed by atoms with Gasteiger partial charge >= 0.3 is 6.18 Å². The molecule has 2 aromatic rings. The van der Waals surface area contributed by atoms with Crippen LogP contribution in [0.5, 0.6) is 0 Å². The normalized spacial score (nSPS) is 13.1. The predicted octanol–water partition coefficient (Wildman–Crippen LogP) is 2.06. The topological polar surface area (TPSA) is 86.4 Å². The summed E-state index contributed by atoms with van der Waals surface area (Å²) in [4.78, 5) is 25.1. The Morgan fingerprint density at radius 3 is 2.28 bits per heavy atom. The Balaban J connectivity index is 2.01. The maximum atomic E-state index is 13.0. The number of hydrogen-bond donors (Lipinski definition) is 3. The number of benzene rings is 2. The average Bonchev–Trinajstić information content (AvgIpc) is 2.67. The molecule has 0 aliphatic rings. The first-order valence-corrected chi connectivity index (χ1v) is 8.72. The molecule has 9 heteroatoms. The lowest BCUT2D eigenvalue weighted by Gasteiger charge is -2.21. The Hall–Kier alpha value is -3.38. The second kappa shape index (κ2) is 9.21. The third-order valence-electron chi connectivity index (χ3n) is 4.38. The number of amides is 2. The van der Waals surface area contributed by atoms with Crippen molar-refractivity contribution in [1.29, 1.82) is 5.26 Å². The van der Waals surface area contributed by atoms with Crippen molar-refractivity contribution in [3.8, 4) is 6.07 Å². The lowest BCUT2D eigenvalue weighted by atomic mass is 10.1. The van der Waals surface area contributed by atoms with Gasteiger partial charge in [0.25, 0.3) is 11.8 Å². The van der Waals surface area contributed by atoms with E-state index in [0.717, 1.165) is 6.07 Å². The van der Waals surface area contributed by atoms with Gasteiger partial charge in [0, 0.05) is 0 Å². The maximum Gasteiger partial charge on any atom is 0.418 e. The monoisotopic (exact) mass is 405 g/mol. The molecule has 2 amide bonds. The number of rotatable bonds is 6. The minimum atomic E-state index is -4.59. The van der Waals surface area contributed by atoms with Crippen LogP contribution in [0.1, 0.15) is 18.1 Å². The van der Waals surface area contributed by atoms with Crippen LogP contribution in [-0.2, 0) is 15.8 Å². The Morgan fingerprint density at radius 1 is 1.07 bits per heavy atom. The number of carbonyl (C=O) groups excluding carboxylic acids is 2. The third kappa shape index (κ3) is 5.80. The third-order valence-corrected chi connectivity index (χ3v) is 4.38. The molecule has 0 saturated heterocycles. The number of likely N-dealkylation sites (N-methyl/N-ethyl adjacent to an activating group) is 1. The van der Waals surface area contributed by atoms with Gasteiger partial charge in [-0.15, -0.1) is 0 Å². The first kappa shape index (κ1) is 21.9. The van der Waals surface area contributed by atoms with E-state index in [1.54, 1.807) is 38.2 Å². The SMILES string of the molecule is C[C@H](C(=O)Nc1ccccc1C#N)[NH+](C)CC(=O)Nc1ccccc1C(F)(F)F. The van der Waals surface area contributed by atoms with Crippen molar-refractivity contribution < 1.29 is 27.7 Å². The van der Waals surface area contributed by atoms with Crippen molar-refractivity contribution >= 4 is 23.2 Å². The van der Waals surface area contributed by atoms with Crippen LogP contribution in [0.15, 0.2) is 48.5 Å². The van der Waals surface area contributed by atoms with Gasteiger partial charge in [0.15, 0.2) is 12.6 Å². The largest absolute Gasteiger partial charge is 0.418 e. The van der Waals surface area contributed by atoms with E-state index in [4.69, 9.17) is 5.26 Å². The van der Waals surface area contributed by atoms with Crippen molar-refractivity contribution in [3.05, 3.63) is 59.7 Å². The van der Waals surface area contributed by atoms with Gasteiger partial charge in [-0.3, -0.25) is 9.59 Å². The highest BCUT2D eigenvalue weighted by atomic mass is 19.4. The van der Waals surface area contributed by atoms with E-state index in [-0.39, 0.29) is 12.2 Å². The van der Waals surface area contributed by atoms with Gasteiger partial charge in [-0.2, -0.15) is 18.4 Å². The van der Waals surface area contributed by atoms with Gasteiger partial charge in [0.2, 0.25) is 0 Å². The number of alkyl halides is 3. The zero-order valence-corrected chi connectivity index (χ0v) is 15.8. The van der Waals surface area contributed by atoms with Gasteiger partial charge in [0.1, 0.15) is 6.07 Å². The Bertz CT molecular complexity index is 938. The quantitative estimate of drug-likeness (QED) is 0.688. The number of para-hydroxylation sites is 2. The summed E-state index contributed by atoms with van der Waals surface area (Å²) in [5.74, 6) is -1.08. The van der Waals surface area contributed by atoms with E-state index in [1.807, 2.05) is 6.07 Å². The number of quaternary nitrogens is 1. The summed E-state index contributed by atoms with van der Waals surface area (Å²) in [6.07, 6.45) is -4.59.